The van der Waals surface area contributed by atoms with Crippen molar-refractivity contribution < 1.29 is 19.4 Å². The summed E-state index contributed by atoms with van der Waals surface area (Å²) < 4.78 is 4.80. The number of rotatable bonds is 7. The molecular formula is C24H27N3O4. The van der Waals surface area contributed by atoms with E-state index in [-0.39, 0.29) is 17.9 Å². The van der Waals surface area contributed by atoms with Crippen LogP contribution in [0.5, 0.6) is 5.75 Å². The van der Waals surface area contributed by atoms with Gasteiger partial charge in [-0.15, -0.1) is 0 Å². The van der Waals surface area contributed by atoms with Crippen molar-refractivity contribution in [1.82, 2.24) is 10.6 Å². The molecule has 0 aromatic heterocycles. The van der Waals surface area contributed by atoms with E-state index < -0.39 is 6.04 Å². The Kier molecular flexibility index (Phi) is 8.16. The van der Waals surface area contributed by atoms with Gasteiger partial charge in [0.05, 0.1) is 18.1 Å². The molecule has 0 radical (unpaired) electrons. The second-order valence-electron chi connectivity index (χ2n) is 7.77. The summed E-state index contributed by atoms with van der Waals surface area (Å²) in [6, 6.07) is 16.6. The fourth-order valence-corrected chi connectivity index (χ4v) is 3.72. The Morgan fingerprint density at radius 2 is 1.84 bits per heavy atom. The predicted molar refractivity (Wildman–Crippen MR) is 116 cm³/mol. The smallest absolute Gasteiger partial charge is 0.298 e. The first-order valence-electron chi connectivity index (χ1n) is 10.5. The van der Waals surface area contributed by atoms with Crippen molar-refractivity contribution >= 4 is 12.4 Å². The average Bonchev–Trinajstić information content (AvgIpc) is 2.77. The first-order chi connectivity index (χ1) is 15.1. The molecule has 2 aromatic rings. The van der Waals surface area contributed by atoms with Crippen LogP contribution >= 0.6 is 0 Å². The van der Waals surface area contributed by atoms with Crippen LogP contribution in [0.25, 0.3) is 11.1 Å². The molecule has 1 heterocycles. The number of amides is 1. The summed E-state index contributed by atoms with van der Waals surface area (Å²) in [7, 11) is 0. The number of carbonyl (C=O) groups excluding carboxylic acids is 2. The van der Waals surface area contributed by atoms with E-state index >= 15 is 0 Å². The molecular weight excluding hydrogens is 394 g/mol. The zero-order chi connectivity index (χ0) is 22.1. The Bertz CT molecular complexity index is 896. The number of carbonyl (C=O) groups is 2. The predicted octanol–water partition coefficient (Wildman–Crippen LogP) is 2.19. The highest BCUT2D eigenvalue weighted by Crippen LogP contribution is 2.23. The number of nitrogens with one attached hydrogen (secondary N) is 2. The molecule has 3 rings (SSSR count). The number of aliphatic hydroxyl groups excluding tert-OH is 1. The molecule has 2 aromatic carbocycles. The molecule has 0 aliphatic carbocycles. The summed E-state index contributed by atoms with van der Waals surface area (Å²) in [6.07, 6.45) is 2.23. The van der Waals surface area contributed by atoms with E-state index in [0.29, 0.717) is 44.6 Å². The molecule has 1 amide bonds. The topological polar surface area (TPSA) is 111 Å². The fourth-order valence-electron chi connectivity index (χ4n) is 3.72. The van der Waals surface area contributed by atoms with Crippen molar-refractivity contribution in [2.45, 2.75) is 37.8 Å². The lowest BCUT2D eigenvalue weighted by Crippen LogP contribution is -2.44. The number of ether oxygens (including phenoxy) is 1. The maximum Gasteiger partial charge on any atom is 0.298 e. The molecule has 1 aliphatic rings. The van der Waals surface area contributed by atoms with Crippen molar-refractivity contribution in [3.63, 3.8) is 0 Å². The van der Waals surface area contributed by atoms with Gasteiger partial charge in [-0.2, -0.15) is 5.26 Å². The maximum absolute atomic E-state index is 12.6. The maximum atomic E-state index is 12.6. The van der Waals surface area contributed by atoms with Crippen LogP contribution < -0.4 is 15.4 Å². The van der Waals surface area contributed by atoms with E-state index in [1.807, 2.05) is 36.4 Å². The lowest BCUT2D eigenvalue weighted by Gasteiger charge is -2.23. The van der Waals surface area contributed by atoms with Crippen molar-refractivity contribution in [3.05, 3.63) is 54.1 Å². The third-order valence-corrected chi connectivity index (χ3v) is 5.47. The van der Waals surface area contributed by atoms with Crippen LogP contribution in [0.4, 0.5) is 0 Å². The summed E-state index contributed by atoms with van der Waals surface area (Å²) in [5.74, 6) is 0.167. The molecule has 3 atom stereocenters. The van der Waals surface area contributed by atoms with Gasteiger partial charge in [-0.1, -0.05) is 36.4 Å². The number of β-amino-alcohol motifs (C(OH)–C–C–N with tert-alkyl or cyclic N) is 1. The van der Waals surface area contributed by atoms with Gasteiger partial charge in [0, 0.05) is 19.5 Å². The van der Waals surface area contributed by atoms with Crippen LogP contribution in [-0.4, -0.2) is 42.7 Å². The number of benzene rings is 2. The Hall–Kier alpha value is -3.21. The van der Waals surface area contributed by atoms with E-state index in [1.54, 1.807) is 12.1 Å². The molecule has 7 heteroatoms. The summed E-state index contributed by atoms with van der Waals surface area (Å²) in [5.41, 5.74) is 2.94. The minimum atomic E-state index is -0.603. The second-order valence-corrected chi connectivity index (χ2v) is 7.77. The van der Waals surface area contributed by atoms with Gasteiger partial charge in [0.25, 0.3) is 6.47 Å². The molecule has 1 fully saturated rings. The number of hydrogen-bond acceptors (Lipinski definition) is 6. The summed E-state index contributed by atoms with van der Waals surface area (Å²) in [4.78, 5) is 23.0. The van der Waals surface area contributed by atoms with Crippen LogP contribution in [0.3, 0.4) is 0 Å². The fraction of sp³-hybridized carbons (Fsp3) is 0.375. The molecule has 31 heavy (non-hydrogen) atoms. The van der Waals surface area contributed by atoms with Crippen LogP contribution in [0.2, 0.25) is 0 Å². The highest BCUT2D eigenvalue weighted by Gasteiger charge is 2.23. The summed E-state index contributed by atoms with van der Waals surface area (Å²) in [6.45, 7) is 1.39. The van der Waals surface area contributed by atoms with Crippen molar-refractivity contribution in [3.8, 4) is 22.9 Å². The largest absolute Gasteiger partial charge is 0.429 e. The number of nitriles is 1. The van der Waals surface area contributed by atoms with Crippen LogP contribution in [0.15, 0.2) is 48.5 Å². The van der Waals surface area contributed by atoms with E-state index in [1.165, 1.54) is 0 Å². The molecule has 1 saturated heterocycles. The van der Waals surface area contributed by atoms with Gasteiger partial charge in [0.15, 0.2) is 0 Å². The third kappa shape index (κ3) is 6.64. The SMILES string of the molecule is N#CC(Cc1ccc(-c2ccc(OC=O)cc2)cc1)NC(=O)C1CCCC(O)CNC1. The molecule has 7 nitrogen and oxygen atoms in total. The minimum Gasteiger partial charge on any atom is -0.429 e. The quantitative estimate of drug-likeness (QED) is 0.591. The van der Waals surface area contributed by atoms with Gasteiger partial charge < -0.3 is 20.5 Å². The third-order valence-electron chi connectivity index (χ3n) is 5.47. The van der Waals surface area contributed by atoms with E-state index in [9.17, 15) is 20.0 Å². The lowest BCUT2D eigenvalue weighted by atomic mass is 9.96. The Labute approximate surface area is 182 Å². The normalized spacial score (nSPS) is 19.9. The first-order valence-corrected chi connectivity index (χ1v) is 10.5. The second kappa shape index (κ2) is 11.3. The number of aliphatic hydroxyl groups is 1. The van der Waals surface area contributed by atoms with Crippen molar-refractivity contribution in [1.29, 1.82) is 5.26 Å². The molecule has 162 valence electrons. The minimum absolute atomic E-state index is 0.121. The Balaban J connectivity index is 1.56. The number of nitrogens with zero attached hydrogens (tertiary/aromatic N) is 1. The number of hydrogen-bond donors (Lipinski definition) is 3. The van der Waals surface area contributed by atoms with Gasteiger partial charge in [-0.05, 0) is 48.1 Å². The van der Waals surface area contributed by atoms with Gasteiger partial charge in [0.2, 0.25) is 5.91 Å². The van der Waals surface area contributed by atoms with Crippen LogP contribution in [0, 0.1) is 17.2 Å². The zero-order valence-corrected chi connectivity index (χ0v) is 17.3. The van der Waals surface area contributed by atoms with Gasteiger partial charge in [-0.25, -0.2) is 0 Å². The van der Waals surface area contributed by atoms with Crippen molar-refractivity contribution in [2.75, 3.05) is 13.1 Å². The lowest BCUT2D eigenvalue weighted by molar-refractivity contribution is -0.125. The molecule has 0 saturated carbocycles. The van der Waals surface area contributed by atoms with E-state index in [4.69, 9.17) is 4.74 Å². The first kappa shape index (κ1) is 22.5. The van der Waals surface area contributed by atoms with E-state index in [0.717, 1.165) is 23.1 Å². The average molecular weight is 421 g/mol. The summed E-state index contributed by atoms with van der Waals surface area (Å²) >= 11 is 0. The molecule has 0 bridgehead atoms. The van der Waals surface area contributed by atoms with E-state index in [2.05, 4.69) is 16.7 Å². The molecule has 3 unspecified atom stereocenters. The van der Waals surface area contributed by atoms with Crippen LogP contribution in [-0.2, 0) is 16.0 Å². The standard InChI is InChI=1S/C24H27N3O4/c25-13-21(27-24(30)20-2-1-3-22(29)15-26-14-20)12-17-4-6-18(7-5-17)19-8-10-23(11-9-19)31-16-28/h4-11,16,20-22,26,29H,1-3,12,14-15H2,(H,27,30). The van der Waals surface area contributed by atoms with Gasteiger partial charge >= 0.3 is 0 Å². The molecule has 0 spiro atoms. The Morgan fingerprint density at radius 3 is 2.48 bits per heavy atom. The van der Waals surface area contributed by atoms with Gasteiger partial charge in [0.1, 0.15) is 11.8 Å². The summed E-state index contributed by atoms with van der Waals surface area (Å²) in [5, 5.41) is 25.2. The molecule has 1 aliphatic heterocycles. The highest BCUT2D eigenvalue weighted by atomic mass is 16.5. The van der Waals surface area contributed by atoms with Crippen LogP contribution in [0.1, 0.15) is 24.8 Å². The Morgan fingerprint density at radius 1 is 1.16 bits per heavy atom. The zero-order valence-electron chi connectivity index (χ0n) is 17.3. The monoisotopic (exact) mass is 421 g/mol. The molecule has 3 N–H and O–H groups in total. The van der Waals surface area contributed by atoms with Crippen molar-refractivity contribution in [2.24, 2.45) is 5.92 Å². The highest BCUT2D eigenvalue weighted by molar-refractivity contribution is 5.79. The van der Waals surface area contributed by atoms with Gasteiger partial charge in [-0.3, -0.25) is 9.59 Å².